The van der Waals surface area contributed by atoms with Gasteiger partial charge in [0.15, 0.2) is 5.13 Å². The number of methoxy groups -OCH3 is 1. The minimum atomic E-state index is 0.106. The lowest BCUT2D eigenvalue weighted by atomic mass is 10.1. The number of fused-ring (bicyclic) bond motifs is 1. The lowest BCUT2D eigenvalue weighted by Gasteiger charge is -2.28. The van der Waals surface area contributed by atoms with E-state index in [9.17, 15) is 0 Å². The van der Waals surface area contributed by atoms with Crippen molar-refractivity contribution in [2.24, 2.45) is 0 Å². The Balaban J connectivity index is 1.23. The number of nitrogens with zero attached hydrogens (tertiary/aromatic N) is 5. The number of thiazole rings is 1. The van der Waals surface area contributed by atoms with E-state index in [-0.39, 0.29) is 6.10 Å². The smallest absolute Gasteiger partial charge is 0.317 e. The van der Waals surface area contributed by atoms with Crippen molar-refractivity contribution in [1.82, 2.24) is 24.8 Å². The molecule has 2 aliphatic heterocycles. The number of pyridine rings is 1. The summed E-state index contributed by atoms with van der Waals surface area (Å²) in [5.74, 6) is 0.811. The molecular formula is C23H28N6O3S. The van der Waals surface area contributed by atoms with Crippen LogP contribution in [0.4, 0.5) is 10.9 Å². The molecule has 0 aromatic carbocycles. The third-order valence-electron chi connectivity index (χ3n) is 5.81. The first-order valence-electron chi connectivity index (χ1n) is 11.3. The number of hydrogen-bond donors (Lipinski definition) is 1. The first-order valence-corrected chi connectivity index (χ1v) is 12.1. The van der Waals surface area contributed by atoms with Crippen LogP contribution in [0.5, 0.6) is 6.01 Å². The van der Waals surface area contributed by atoms with Crippen molar-refractivity contribution in [3.05, 3.63) is 41.9 Å². The fourth-order valence-electron chi connectivity index (χ4n) is 3.99. The molecule has 2 aliphatic rings. The molecule has 0 unspecified atom stereocenters. The van der Waals surface area contributed by atoms with E-state index in [2.05, 4.69) is 31.2 Å². The van der Waals surface area contributed by atoms with Gasteiger partial charge in [0.2, 0.25) is 0 Å². The van der Waals surface area contributed by atoms with Crippen molar-refractivity contribution in [3.8, 4) is 16.6 Å². The van der Waals surface area contributed by atoms with Crippen LogP contribution in [-0.4, -0.2) is 71.0 Å². The fourth-order valence-corrected chi connectivity index (χ4v) is 4.79. The molecule has 3 aromatic heterocycles. The Hall–Kier alpha value is -2.66. The van der Waals surface area contributed by atoms with Crippen LogP contribution in [0.3, 0.4) is 0 Å². The Kier molecular flexibility index (Phi) is 7.06. The third-order valence-corrected chi connectivity index (χ3v) is 6.74. The van der Waals surface area contributed by atoms with E-state index < -0.39 is 0 Å². The van der Waals surface area contributed by atoms with Gasteiger partial charge in [0.1, 0.15) is 11.9 Å². The molecule has 33 heavy (non-hydrogen) atoms. The second kappa shape index (κ2) is 10.5. The van der Waals surface area contributed by atoms with Crippen LogP contribution in [0, 0.1) is 0 Å². The molecule has 5 heterocycles. The average molecular weight is 469 g/mol. The first-order chi connectivity index (χ1) is 16.3. The molecule has 1 N–H and O–H groups in total. The quantitative estimate of drug-likeness (QED) is 0.534. The summed E-state index contributed by atoms with van der Waals surface area (Å²) in [6.45, 7) is 5.06. The third kappa shape index (κ3) is 5.64. The standard InChI is InChI=1S/C23H28N6O3S/c1-30-13-10-29-9-5-18-16(15-29)2-3-21(26-18)28-23-25-14-20(33-23)19-4-8-24-22(27-19)32-17-6-11-31-12-7-17/h2-4,8,14,17H,5-7,9-13,15H2,1H3,(H,25,26,28). The maximum absolute atomic E-state index is 5.95. The largest absolute Gasteiger partial charge is 0.460 e. The highest BCUT2D eigenvalue weighted by Gasteiger charge is 2.19. The van der Waals surface area contributed by atoms with Crippen LogP contribution in [-0.2, 0) is 22.4 Å². The highest BCUT2D eigenvalue weighted by atomic mass is 32.1. The summed E-state index contributed by atoms with van der Waals surface area (Å²) in [5, 5.41) is 4.12. The molecule has 3 aromatic rings. The van der Waals surface area contributed by atoms with Gasteiger partial charge in [0, 0.05) is 64.1 Å². The molecule has 0 aliphatic carbocycles. The van der Waals surface area contributed by atoms with Gasteiger partial charge in [-0.25, -0.2) is 15.0 Å². The average Bonchev–Trinajstić information content (AvgIpc) is 3.32. The van der Waals surface area contributed by atoms with Gasteiger partial charge in [-0.05, 0) is 17.7 Å². The second-order valence-electron chi connectivity index (χ2n) is 8.13. The van der Waals surface area contributed by atoms with E-state index in [1.54, 1.807) is 13.3 Å². The van der Waals surface area contributed by atoms with Crippen molar-refractivity contribution in [1.29, 1.82) is 0 Å². The summed E-state index contributed by atoms with van der Waals surface area (Å²) in [4.78, 5) is 21.5. The topological polar surface area (TPSA) is 94.5 Å². The van der Waals surface area contributed by atoms with Crippen LogP contribution >= 0.6 is 11.3 Å². The van der Waals surface area contributed by atoms with Crippen LogP contribution in [0.1, 0.15) is 24.1 Å². The van der Waals surface area contributed by atoms with Gasteiger partial charge in [0.05, 0.1) is 30.4 Å². The van der Waals surface area contributed by atoms with Crippen LogP contribution in [0.25, 0.3) is 10.6 Å². The van der Waals surface area contributed by atoms with E-state index in [0.29, 0.717) is 6.01 Å². The molecule has 1 saturated heterocycles. The van der Waals surface area contributed by atoms with Crippen molar-refractivity contribution in [2.45, 2.75) is 31.9 Å². The molecule has 174 valence electrons. The summed E-state index contributed by atoms with van der Waals surface area (Å²) in [6, 6.07) is 6.45. The number of hydrogen-bond acceptors (Lipinski definition) is 10. The molecule has 1 fully saturated rings. The van der Waals surface area contributed by atoms with Crippen molar-refractivity contribution in [3.63, 3.8) is 0 Å². The predicted molar refractivity (Wildman–Crippen MR) is 126 cm³/mol. The minimum Gasteiger partial charge on any atom is -0.460 e. The molecule has 10 heteroatoms. The van der Waals surface area contributed by atoms with Gasteiger partial charge in [0.25, 0.3) is 0 Å². The van der Waals surface area contributed by atoms with E-state index in [4.69, 9.17) is 19.2 Å². The van der Waals surface area contributed by atoms with Crippen LogP contribution in [0.15, 0.2) is 30.6 Å². The van der Waals surface area contributed by atoms with Crippen LogP contribution in [0.2, 0.25) is 0 Å². The lowest BCUT2D eigenvalue weighted by Crippen LogP contribution is -2.33. The van der Waals surface area contributed by atoms with Gasteiger partial charge in [-0.3, -0.25) is 4.90 Å². The first kappa shape index (κ1) is 22.1. The summed E-state index contributed by atoms with van der Waals surface area (Å²) in [6.07, 6.45) is 6.32. The number of anilines is 2. The highest BCUT2D eigenvalue weighted by Crippen LogP contribution is 2.30. The van der Waals surface area contributed by atoms with E-state index >= 15 is 0 Å². The summed E-state index contributed by atoms with van der Waals surface area (Å²) >= 11 is 1.53. The summed E-state index contributed by atoms with van der Waals surface area (Å²) in [5.41, 5.74) is 3.23. The monoisotopic (exact) mass is 468 g/mol. The number of nitrogens with one attached hydrogen (secondary N) is 1. The summed E-state index contributed by atoms with van der Waals surface area (Å²) < 4.78 is 16.5. The number of ether oxygens (including phenoxy) is 3. The van der Waals surface area contributed by atoms with Gasteiger partial charge in [-0.2, -0.15) is 4.98 Å². The number of aromatic nitrogens is 4. The second-order valence-corrected chi connectivity index (χ2v) is 9.16. The van der Waals surface area contributed by atoms with Gasteiger partial charge >= 0.3 is 6.01 Å². The zero-order valence-corrected chi connectivity index (χ0v) is 19.5. The molecule has 5 rings (SSSR count). The van der Waals surface area contributed by atoms with Gasteiger partial charge in [-0.1, -0.05) is 17.4 Å². The molecule has 0 radical (unpaired) electrons. The predicted octanol–water partition coefficient (Wildman–Crippen LogP) is 3.30. The molecule has 0 atom stereocenters. The molecule has 0 bridgehead atoms. The zero-order chi connectivity index (χ0) is 22.5. The molecule has 9 nitrogen and oxygen atoms in total. The Morgan fingerprint density at radius 1 is 1.18 bits per heavy atom. The summed E-state index contributed by atoms with van der Waals surface area (Å²) in [7, 11) is 1.74. The van der Waals surface area contributed by atoms with Gasteiger partial charge < -0.3 is 19.5 Å². The van der Waals surface area contributed by atoms with E-state index in [1.165, 1.54) is 16.9 Å². The molecule has 0 amide bonds. The Labute approximate surface area is 197 Å². The Morgan fingerprint density at radius 3 is 2.97 bits per heavy atom. The highest BCUT2D eigenvalue weighted by molar-refractivity contribution is 7.18. The van der Waals surface area contributed by atoms with Gasteiger partial charge in [-0.15, -0.1) is 0 Å². The molecular weight excluding hydrogens is 440 g/mol. The maximum Gasteiger partial charge on any atom is 0.317 e. The molecule has 0 spiro atoms. The van der Waals surface area contributed by atoms with E-state index in [1.807, 2.05) is 18.3 Å². The number of rotatable bonds is 8. The molecule has 0 saturated carbocycles. The van der Waals surface area contributed by atoms with Crippen molar-refractivity contribution < 1.29 is 14.2 Å². The fraction of sp³-hybridized carbons (Fsp3) is 0.478. The lowest BCUT2D eigenvalue weighted by molar-refractivity contribution is 0.0217. The Bertz CT molecular complexity index is 1070. The zero-order valence-electron chi connectivity index (χ0n) is 18.7. The van der Waals surface area contributed by atoms with Crippen LogP contribution < -0.4 is 10.1 Å². The Morgan fingerprint density at radius 2 is 2.09 bits per heavy atom. The normalized spacial score (nSPS) is 17.0. The van der Waals surface area contributed by atoms with Crippen molar-refractivity contribution in [2.75, 3.05) is 45.3 Å². The minimum absolute atomic E-state index is 0.106. The maximum atomic E-state index is 5.95. The van der Waals surface area contributed by atoms with E-state index in [0.717, 1.165) is 85.9 Å². The van der Waals surface area contributed by atoms with Crippen molar-refractivity contribution >= 4 is 22.3 Å². The SMILES string of the molecule is COCCN1CCc2nc(Nc3ncc(-c4ccnc(OC5CCOCC5)n4)s3)ccc2C1.